The lowest BCUT2D eigenvalue weighted by Gasteiger charge is -2.09. The van der Waals surface area contributed by atoms with Crippen LogP contribution in [0, 0.1) is 0 Å². The molecule has 0 atom stereocenters. The van der Waals surface area contributed by atoms with Gasteiger partial charge in [0.05, 0.1) is 11.2 Å². The largest absolute Gasteiger partial charge is 0.322 e. The van der Waals surface area contributed by atoms with Crippen molar-refractivity contribution < 1.29 is 9.59 Å². The minimum Gasteiger partial charge on any atom is -0.322 e. The summed E-state index contributed by atoms with van der Waals surface area (Å²) in [4.78, 5) is 29.3. The van der Waals surface area contributed by atoms with Crippen molar-refractivity contribution in [1.29, 1.82) is 0 Å². The van der Waals surface area contributed by atoms with Gasteiger partial charge in [-0.05, 0) is 53.9 Å². The fourth-order valence-electron chi connectivity index (χ4n) is 2.68. The highest BCUT2D eigenvalue weighted by atomic mass is 32.1. The normalized spacial score (nSPS) is 10.4. The highest BCUT2D eigenvalue weighted by Gasteiger charge is 2.09. The van der Waals surface area contributed by atoms with Crippen LogP contribution in [0.1, 0.15) is 20.0 Å². The van der Waals surface area contributed by atoms with Gasteiger partial charge in [0.25, 0.3) is 11.8 Å². The van der Waals surface area contributed by atoms with Crippen molar-refractivity contribution in [2.75, 3.05) is 10.6 Å². The summed E-state index contributed by atoms with van der Waals surface area (Å²) in [7, 11) is 0. The van der Waals surface area contributed by atoms with Crippen molar-refractivity contribution in [2.45, 2.75) is 0 Å². The van der Waals surface area contributed by atoms with Crippen LogP contribution in [0.4, 0.5) is 11.4 Å². The third-order valence-corrected chi connectivity index (χ3v) is 4.92. The van der Waals surface area contributed by atoms with Crippen LogP contribution >= 0.6 is 11.3 Å². The molecule has 4 rings (SSSR count). The number of nitrogens with one attached hydrogen (secondary N) is 2. The number of aromatic nitrogens is 2. The Kier molecular flexibility index (Phi) is 4.99. The molecule has 0 aliphatic heterocycles. The van der Waals surface area contributed by atoms with Gasteiger partial charge in [0.15, 0.2) is 0 Å². The lowest BCUT2D eigenvalue weighted by molar-refractivity contribution is 0.102. The summed E-state index contributed by atoms with van der Waals surface area (Å²) >= 11 is 1.38. The van der Waals surface area contributed by atoms with Crippen LogP contribution in [0.25, 0.3) is 5.69 Å². The molecule has 0 aliphatic rings. The number of hydrogen-bond acceptors (Lipinski definition) is 4. The Labute approximate surface area is 165 Å². The molecule has 0 saturated heterocycles. The molecule has 0 unspecified atom stereocenters. The van der Waals surface area contributed by atoms with Crippen molar-refractivity contribution in [1.82, 2.24) is 9.55 Å². The van der Waals surface area contributed by atoms with E-state index in [9.17, 15) is 9.59 Å². The van der Waals surface area contributed by atoms with Crippen molar-refractivity contribution in [3.8, 4) is 5.69 Å². The van der Waals surface area contributed by atoms with Crippen molar-refractivity contribution in [3.63, 3.8) is 0 Å². The second-order valence-corrected chi connectivity index (χ2v) is 6.93. The summed E-state index contributed by atoms with van der Waals surface area (Å²) in [6.45, 7) is 0. The lowest BCUT2D eigenvalue weighted by atomic mass is 10.2. The maximum absolute atomic E-state index is 12.5. The number of hydrogen-bond donors (Lipinski definition) is 2. The lowest BCUT2D eigenvalue weighted by Crippen LogP contribution is -2.13. The molecule has 0 spiro atoms. The van der Waals surface area contributed by atoms with E-state index < -0.39 is 0 Å². The zero-order chi connectivity index (χ0) is 19.3. The van der Waals surface area contributed by atoms with Gasteiger partial charge in [0.2, 0.25) is 0 Å². The number of carbonyl (C=O) groups is 2. The third-order valence-electron chi connectivity index (χ3n) is 4.06. The second kappa shape index (κ2) is 7.89. The summed E-state index contributed by atoms with van der Waals surface area (Å²) in [5.74, 6) is -0.396. The monoisotopic (exact) mass is 388 g/mol. The van der Waals surface area contributed by atoms with Gasteiger partial charge in [-0.3, -0.25) is 9.59 Å². The molecule has 0 radical (unpaired) electrons. The first-order chi connectivity index (χ1) is 13.7. The molecule has 2 heterocycles. The summed E-state index contributed by atoms with van der Waals surface area (Å²) < 4.78 is 1.86. The topological polar surface area (TPSA) is 76.0 Å². The Morgan fingerprint density at radius 2 is 1.64 bits per heavy atom. The summed E-state index contributed by atoms with van der Waals surface area (Å²) in [5.41, 5.74) is 2.68. The highest BCUT2D eigenvalue weighted by Crippen LogP contribution is 2.19. The van der Waals surface area contributed by atoms with E-state index >= 15 is 0 Å². The second-order valence-electron chi connectivity index (χ2n) is 5.98. The SMILES string of the molecule is O=C(Nc1cccc(NC(=O)c2cccs2)c1)c1ccc(-n2ccnc2)cc1. The maximum Gasteiger partial charge on any atom is 0.265 e. The molecule has 0 bridgehead atoms. The van der Waals surface area contributed by atoms with E-state index in [1.54, 1.807) is 55.0 Å². The van der Waals surface area contributed by atoms with Crippen LogP contribution in [-0.4, -0.2) is 21.4 Å². The Balaban J connectivity index is 1.44. The van der Waals surface area contributed by atoms with Crippen LogP contribution in [0.2, 0.25) is 0 Å². The molecule has 4 aromatic rings. The van der Waals surface area contributed by atoms with Crippen molar-refractivity contribution in [3.05, 3.63) is 95.2 Å². The summed E-state index contributed by atoms with van der Waals surface area (Å²) in [6.07, 6.45) is 5.24. The molecule has 0 saturated carbocycles. The van der Waals surface area contributed by atoms with E-state index in [1.807, 2.05) is 34.3 Å². The van der Waals surface area contributed by atoms with Gasteiger partial charge in [-0.1, -0.05) is 12.1 Å². The molecule has 2 N–H and O–H groups in total. The number of thiophene rings is 1. The average Bonchev–Trinajstić information content (AvgIpc) is 3.42. The molecule has 7 heteroatoms. The molecular weight excluding hydrogens is 372 g/mol. The first-order valence-corrected chi connectivity index (χ1v) is 9.42. The van der Waals surface area contributed by atoms with Crippen LogP contribution in [0.15, 0.2) is 84.8 Å². The highest BCUT2D eigenvalue weighted by molar-refractivity contribution is 7.12. The van der Waals surface area contributed by atoms with E-state index in [2.05, 4.69) is 15.6 Å². The number of amides is 2. The van der Waals surface area contributed by atoms with Crippen molar-refractivity contribution >= 4 is 34.5 Å². The maximum atomic E-state index is 12.5. The fraction of sp³-hybridized carbons (Fsp3) is 0. The van der Waals surface area contributed by atoms with Crippen LogP contribution in [0.3, 0.4) is 0 Å². The molecule has 28 heavy (non-hydrogen) atoms. The quantitative estimate of drug-likeness (QED) is 0.531. The molecule has 138 valence electrons. The van der Waals surface area contributed by atoms with Crippen LogP contribution in [-0.2, 0) is 0 Å². The number of anilines is 2. The predicted molar refractivity (Wildman–Crippen MR) is 110 cm³/mol. The van der Waals surface area contributed by atoms with Gasteiger partial charge in [0, 0.05) is 35.0 Å². The van der Waals surface area contributed by atoms with Gasteiger partial charge in [-0.2, -0.15) is 0 Å². The number of imidazole rings is 1. The Bertz CT molecular complexity index is 1090. The molecule has 6 nitrogen and oxygen atoms in total. The number of rotatable bonds is 5. The minimum atomic E-state index is -0.223. The fourth-order valence-corrected chi connectivity index (χ4v) is 3.29. The standard InChI is InChI=1S/C21H16N4O2S/c26-20(15-6-8-18(9-7-15)25-11-10-22-14-25)23-16-3-1-4-17(13-16)24-21(27)19-5-2-12-28-19/h1-14H,(H,23,26)(H,24,27). The number of nitrogens with zero attached hydrogens (tertiary/aromatic N) is 2. The number of benzene rings is 2. The zero-order valence-corrected chi connectivity index (χ0v) is 15.5. The molecule has 2 aromatic heterocycles. The minimum absolute atomic E-state index is 0.173. The van der Waals surface area contributed by atoms with E-state index in [0.29, 0.717) is 21.8 Å². The van der Waals surface area contributed by atoms with Gasteiger partial charge >= 0.3 is 0 Å². The average molecular weight is 388 g/mol. The molecule has 2 amide bonds. The van der Waals surface area contributed by atoms with E-state index in [0.717, 1.165) is 5.69 Å². The Hall–Kier alpha value is -3.71. The van der Waals surface area contributed by atoms with Crippen LogP contribution < -0.4 is 10.6 Å². The first-order valence-electron chi connectivity index (χ1n) is 8.54. The van der Waals surface area contributed by atoms with E-state index in [4.69, 9.17) is 0 Å². The van der Waals surface area contributed by atoms with Gasteiger partial charge < -0.3 is 15.2 Å². The summed E-state index contributed by atoms with van der Waals surface area (Å²) in [6, 6.07) is 17.9. The third kappa shape index (κ3) is 3.99. The number of carbonyl (C=O) groups excluding carboxylic acids is 2. The van der Waals surface area contributed by atoms with E-state index in [1.165, 1.54) is 11.3 Å². The van der Waals surface area contributed by atoms with Gasteiger partial charge in [-0.25, -0.2) is 4.98 Å². The Morgan fingerprint density at radius 1 is 0.893 bits per heavy atom. The summed E-state index contributed by atoms with van der Waals surface area (Å²) in [5, 5.41) is 7.54. The molecule has 0 fully saturated rings. The van der Waals surface area contributed by atoms with Crippen molar-refractivity contribution in [2.24, 2.45) is 0 Å². The van der Waals surface area contributed by atoms with Crippen LogP contribution in [0.5, 0.6) is 0 Å². The Morgan fingerprint density at radius 3 is 2.29 bits per heavy atom. The van der Waals surface area contributed by atoms with E-state index in [-0.39, 0.29) is 11.8 Å². The molecule has 2 aromatic carbocycles. The smallest absolute Gasteiger partial charge is 0.265 e. The predicted octanol–water partition coefficient (Wildman–Crippen LogP) is 4.44. The van der Waals surface area contributed by atoms with Gasteiger partial charge in [-0.15, -0.1) is 11.3 Å². The molecular formula is C21H16N4O2S. The zero-order valence-electron chi connectivity index (χ0n) is 14.7. The molecule has 0 aliphatic carbocycles. The first kappa shape index (κ1) is 17.7. The van der Waals surface area contributed by atoms with Gasteiger partial charge in [0.1, 0.15) is 0 Å².